The molecule has 1 aromatic rings. The highest BCUT2D eigenvalue weighted by atomic mass is 16.5. The number of hydrogen-bond donors (Lipinski definition) is 1. The van der Waals surface area contributed by atoms with E-state index in [0.29, 0.717) is 19.1 Å². The lowest BCUT2D eigenvalue weighted by molar-refractivity contribution is 0.0179. The fourth-order valence-electron chi connectivity index (χ4n) is 4.35. The van der Waals surface area contributed by atoms with Gasteiger partial charge in [-0.2, -0.15) is 0 Å². The molecule has 0 saturated carbocycles. The van der Waals surface area contributed by atoms with Crippen molar-refractivity contribution in [2.45, 2.75) is 26.3 Å². The summed E-state index contributed by atoms with van der Waals surface area (Å²) >= 11 is 0. The van der Waals surface area contributed by atoms with Crippen molar-refractivity contribution in [1.82, 2.24) is 15.1 Å². The fourth-order valence-corrected chi connectivity index (χ4v) is 4.35. The molecule has 1 N–H and O–H groups in total. The van der Waals surface area contributed by atoms with E-state index >= 15 is 0 Å². The number of guanidine groups is 1. The second-order valence-electron chi connectivity index (χ2n) is 8.44. The van der Waals surface area contributed by atoms with Gasteiger partial charge in [0.05, 0.1) is 45.6 Å². The Bertz CT molecular complexity index is 679. The molecule has 1 aromatic carbocycles. The summed E-state index contributed by atoms with van der Waals surface area (Å²) in [5.74, 6) is 1.57. The quantitative estimate of drug-likeness (QED) is 0.348. The lowest BCUT2D eigenvalue weighted by atomic mass is 10.0. The number of morpholine rings is 1. The molecule has 0 amide bonds. The Morgan fingerprint density at radius 1 is 1.26 bits per heavy atom. The highest BCUT2D eigenvalue weighted by Crippen LogP contribution is 2.24. The van der Waals surface area contributed by atoms with Gasteiger partial charge in [-0.15, -0.1) is 0 Å². The summed E-state index contributed by atoms with van der Waals surface area (Å²) in [4.78, 5) is 10.0. The van der Waals surface area contributed by atoms with Gasteiger partial charge in [-0.05, 0) is 25.8 Å². The number of methoxy groups -OCH3 is 1. The second kappa shape index (κ2) is 13.0. The van der Waals surface area contributed by atoms with Crippen LogP contribution in [0.1, 0.15) is 30.5 Å². The number of ether oxygens (including phenoxy) is 3. The normalized spacial score (nSPS) is 21.5. The van der Waals surface area contributed by atoms with Gasteiger partial charge in [0, 0.05) is 45.8 Å². The van der Waals surface area contributed by atoms with E-state index in [0.717, 1.165) is 71.5 Å². The van der Waals surface area contributed by atoms with E-state index < -0.39 is 0 Å². The molecule has 2 aliphatic heterocycles. The minimum absolute atomic E-state index is 0.272. The molecule has 7 nitrogen and oxygen atoms in total. The minimum Gasteiger partial charge on any atom is -0.382 e. The number of aryl methyl sites for hydroxylation is 1. The second-order valence-corrected chi connectivity index (χ2v) is 8.44. The predicted molar refractivity (Wildman–Crippen MR) is 125 cm³/mol. The van der Waals surface area contributed by atoms with Crippen molar-refractivity contribution in [3.05, 3.63) is 35.4 Å². The van der Waals surface area contributed by atoms with Crippen LogP contribution in [-0.4, -0.2) is 95.2 Å². The molecule has 174 valence electrons. The van der Waals surface area contributed by atoms with Crippen LogP contribution in [0.2, 0.25) is 0 Å². The van der Waals surface area contributed by atoms with Crippen LogP contribution in [0.4, 0.5) is 0 Å². The van der Waals surface area contributed by atoms with E-state index in [4.69, 9.17) is 19.2 Å². The highest BCUT2D eigenvalue weighted by molar-refractivity contribution is 5.80. The maximum Gasteiger partial charge on any atom is 0.193 e. The zero-order valence-corrected chi connectivity index (χ0v) is 19.5. The van der Waals surface area contributed by atoms with Crippen molar-refractivity contribution in [2.75, 3.05) is 79.4 Å². The molecular weight excluding hydrogens is 392 g/mol. The van der Waals surface area contributed by atoms with E-state index in [-0.39, 0.29) is 6.04 Å². The van der Waals surface area contributed by atoms with E-state index in [1.165, 1.54) is 11.1 Å². The fraction of sp³-hybridized carbons (Fsp3) is 0.708. The third kappa shape index (κ3) is 7.45. The topological polar surface area (TPSA) is 58.6 Å². The van der Waals surface area contributed by atoms with Crippen LogP contribution < -0.4 is 5.32 Å². The van der Waals surface area contributed by atoms with Crippen molar-refractivity contribution in [3.8, 4) is 0 Å². The molecule has 2 atom stereocenters. The van der Waals surface area contributed by atoms with Crippen molar-refractivity contribution in [3.63, 3.8) is 0 Å². The number of aliphatic imine (C=N–C) groups is 1. The molecule has 2 unspecified atom stereocenters. The van der Waals surface area contributed by atoms with Crippen LogP contribution in [0.15, 0.2) is 29.3 Å². The van der Waals surface area contributed by atoms with Gasteiger partial charge in [0.1, 0.15) is 0 Å². The Morgan fingerprint density at radius 2 is 2.10 bits per heavy atom. The number of nitrogens with one attached hydrogen (secondary N) is 1. The van der Waals surface area contributed by atoms with Crippen LogP contribution >= 0.6 is 0 Å². The monoisotopic (exact) mass is 432 g/mol. The van der Waals surface area contributed by atoms with Gasteiger partial charge in [0.2, 0.25) is 0 Å². The molecule has 2 aliphatic rings. The molecule has 0 spiro atoms. The maximum atomic E-state index is 5.76. The van der Waals surface area contributed by atoms with Crippen LogP contribution in [0, 0.1) is 12.8 Å². The average Bonchev–Trinajstić information content (AvgIpc) is 3.26. The summed E-state index contributed by atoms with van der Waals surface area (Å²) in [6, 6.07) is 9.12. The van der Waals surface area contributed by atoms with Gasteiger partial charge in [0.25, 0.3) is 0 Å². The summed E-state index contributed by atoms with van der Waals surface area (Å²) in [5, 5.41) is 3.51. The Morgan fingerprint density at radius 3 is 2.84 bits per heavy atom. The molecule has 7 heteroatoms. The predicted octanol–water partition coefficient (Wildman–Crippen LogP) is 2.32. The number of nitrogens with zero attached hydrogens (tertiary/aromatic N) is 3. The average molecular weight is 433 g/mol. The SMILES string of the molecule is CCNC(=NCC(c1cccc(C)c1)N1CCOCC1)N1CCC(COCCOC)C1. The van der Waals surface area contributed by atoms with Gasteiger partial charge < -0.3 is 24.4 Å². The van der Waals surface area contributed by atoms with E-state index in [1.807, 2.05) is 0 Å². The van der Waals surface area contributed by atoms with Crippen LogP contribution in [0.5, 0.6) is 0 Å². The van der Waals surface area contributed by atoms with Crippen LogP contribution in [-0.2, 0) is 14.2 Å². The zero-order valence-electron chi connectivity index (χ0n) is 19.5. The number of likely N-dealkylation sites (tertiary alicyclic amines) is 1. The molecule has 2 heterocycles. The Kier molecular flexibility index (Phi) is 10.1. The first-order chi connectivity index (χ1) is 15.2. The Labute approximate surface area is 187 Å². The van der Waals surface area contributed by atoms with Gasteiger partial charge >= 0.3 is 0 Å². The third-order valence-corrected chi connectivity index (χ3v) is 6.03. The minimum atomic E-state index is 0.272. The van der Waals surface area contributed by atoms with E-state index in [2.05, 4.69) is 53.2 Å². The largest absolute Gasteiger partial charge is 0.382 e. The first kappa shape index (κ1) is 24.0. The standard InChI is InChI=1S/C24H40N4O3/c1-4-25-24(28-9-8-21(18-28)19-31-15-14-29-3)26-17-23(27-10-12-30-13-11-27)22-7-5-6-20(2)16-22/h5-7,16,21,23H,4,8-15,17-19H2,1-3H3,(H,25,26). The van der Waals surface area contributed by atoms with Crippen molar-refractivity contribution in [2.24, 2.45) is 10.9 Å². The van der Waals surface area contributed by atoms with Crippen molar-refractivity contribution >= 4 is 5.96 Å². The first-order valence-corrected chi connectivity index (χ1v) is 11.7. The maximum absolute atomic E-state index is 5.76. The zero-order chi connectivity index (χ0) is 21.9. The number of hydrogen-bond acceptors (Lipinski definition) is 5. The number of benzene rings is 1. The highest BCUT2D eigenvalue weighted by Gasteiger charge is 2.27. The molecular formula is C24H40N4O3. The summed E-state index contributed by atoms with van der Waals surface area (Å²) in [6.07, 6.45) is 1.14. The van der Waals surface area contributed by atoms with Crippen molar-refractivity contribution < 1.29 is 14.2 Å². The summed E-state index contributed by atoms with van der Waals surface area (Å²) in [5.41, 5.74) is 2.63. The summed E-state index contributed by atoms with van der Waals surface area (Å²) in [7, 11) is 1.71. The summed E-state index contributed by atoms with van der Waals surface area (Å²) < 4.78 is 16.4. The summed E-state index contributed by atoms with van der Waals surface area (Å²) in [6.45, 7) is 13.5. The Balaban J connectivity index is 1.66. The van der Waals surface area contributed by atoms with Gasteiger partial charge in [-0.25, -0.2) is 0 Å². The van der Waals surface area contributed by atoms with Crippen LogP contribution in [0.25, 0.3) is 0 Å². The van der Waals surface area contributed by atoms with E-state index in [9.17, 15) is 0 Å². The molecule has 0 aliphatic carbocycles. The first-order valence-electron chi connectivity index (χ1n) is 11.7. The molecule has 0 aromatic heterocycles. The lowest BCUT2D eigenvalue weighted by Crippen LogP contribution is -2.43. The van der Waals surface area contributed by atoms with Crippen LogP contribution in [0.3, 0.4) is 0 Å². The van der Waals surface area contributed by atoms with Crippen molar-refractivity contribution in [1.29, 1.82) is 0 Å². The molecule has 0 bridgehead atoms. The molecule has 0 radical (unpaired) electrons. The molecule has 2 saturated heterocycles. The molecule has 31 heavy (non-hydrogen) atoms. The lowest BCUT2D eigenvalue weighted by Gasteiger charge is -2.34. The smallest absolute Gasteiger partial charge is 0.193 e. The third-order valence-electron chi connectivity index (χ3n) is 6.03. The Hall–Kier alpha value is -1.67. The molecule has 3 rings (SSSR count). The van der Waals surface area contributed by atoms with Gasteiger partial charge in [-0.1, -0.05) is 29.8 Å². The number of rotatable bonds is 10. The van der Waals surface area contributed by atoms with Gasteiger partial charge in [-0.3, -0.25) is 9.89 Å². The van der Waals surface area contributed by atoms with Gasteiger partial charge in [0.15, 0.2) is 5.96 Å². The molecule has 2 fully saturated rings. The van der Waals surface area contributed by atoms with E-state index in [1.54, 1.807) is 7.11 Å².